The minimum atomic E-state index is 1.15. The van der Waals surface area contributed by atoms with Crippen LogP contribution in [0.1, 0.15) is 37.0 Å². The summed E-state index contributed by atoms with van der Waals surface area (Å²) in [4.78, 5) is 0. The lowest BCUT2D eigenvalue weighted by atomic mass is 9.92. The molecule has 0 aromatic heterocycles. The van der Waals surface area contributed by atoms with Crippen LogP contribution in [0.4, 0.5) is 0 Å². The third kappa shape index (κ3) is 3.91. The van der Waals surface area contributed by atoms with Gasteiger partial charge in [0.2, 0.25) is 0 Å². The minimum Gasteiger partial charge on any atom is -0.0870 e. The molecule has 0 nitrogen and oxygen atoms in total. The molecular formula is C25H26. The Morgan fingerprint density at radius 3 is 2.20 bits per heavy atom. The second-order valence-electron chi connectivity index (χ2n) is 6.56. The maximum absolute atomic E-state index is 2.30. The average molecular weight is 326 g/mol. The molecule has 0 aliphatic carbocycles. The van der Waals surface area contributed by atoms with Crippen LogP contribution in [-0.2, 0) is 6.42 Å². The predicted octanol–water partition coefficient (Wildman–Crippen LogP) is 7.31. The number of hydrogen-bond donors (Lipinski definition) is 0. The third-order valence-electron chi connectivity index (χ3n) is 4.65. The van der Waals surface area contributed by atoms with Crippen molar-refractivity contribution in [1.82, 2.24) is 0 Å². The molecule has 0 saturated carbocycles. The molecule has 0 heteroatoms. The quantitative estimate of drug-likeness (QED) is 0.461. The van der Waals surface area contributed by atoms with Gasteiger partial charge in [0.25, 0.3) is 0 Å². The summed E-state index contributed by atoms with van der Waals surface area (Å²) in [5.74, 6) is 0. The zero-order valence-electron chi connectivity index (χ0n) is 15.4. The summed E-state index contributed by atoms with van der Waals surface area (Å²) in [6.45, 7) is 6.49. The molecule has 0 aliphatic heterocycles. The Morgan fingerprint density at radius 1 is 0.800 bits per heavy atom. The van der Waals surface area contributed by atoms with Crippen LogP contribution >= 0.6 is 0 Å². The van der Waals surface area contributed by atoms with Crippen molar-refractivity contribution in [1.29, 1.82) is 0 Å². The van der Waals surface area contributed by atoms with Crippen molar-refractivity contribution < 1.29 is 0 Å². The third-order valence-corrected chi connectivity index (χ3v) is 4.65. The molecule has 0 N–H and O–H groups in total. The summed E-state index contributed by atoms with van der Waals surface area (Å²) in [5, 5.41) is 0. The molecule has 3 aromatic rings. The molecule has 126 valence electrons. The minimum absolute atomic E-state index is 1.15. The van der Waals surface area contributed by atoms with Crippen LogP contribution < -0.4 is 0 Å². The zero-order chi connectivity index (χ0) is 17.6. The van der Waals surface area contributed by atoms with Crippen LogP contribution in [-0.4, -0.2) is 0 Å². The Bertz CT molecular complexity index is 867. The molecule has 0 spiro atoms. The molecule has 0 unspecified atom stereocenters. The molecule has 0 radical (unpaired) electrons. The summed E-state index contributed by atoms with van der Waals surface area (Å²) in [7, 11) is 0. The normalized spacial score (nSPS) is 11.2. The molecule has 0 aliphatic rings. The van der Waals surface area contributed by atoms with Crippen molar-refractivity contribution in [3.63, 3.8) is 0 Å². The highest BCUT2D eigenvalue weighted by Gasteiger charge is 2.07. The van der Waals surface area contributed by atoms with E-state index >= 15 is 0 Å². The summed E-state index contributed by atoms with van der Waals surface area (Å²) in [6.07, 6.45) is 6.62. The van der Waals surface area contributed by atoms with E-state index in [2.05, 4.69) is 99.7 Å². The van der Waals surface area contributed by atoms with Crippen LogP contribution in [0.25, 0.3) is 28.3 Å². The summed E-state index contributed by atoms with van der Waals surface area (Å²) < 4.78 is 0. The first-order valence-corrected chi connectivity index (χ1v) is 9.15. The maximum atomic E-state index is 2.30. The van der Waals surface area contributed by atoms with E-state index < -0.39 is 0 Å². The fourth-order valence-corrected chi connectivity index (χ4v) is 3.37. The SMILES string of the molecule is C/C=C/c1ccccc1-c1ccc(-c2ccc(CCC)cc2)cc1C. The van der Waals surface area contributed by atoms with E-state index in [1.54, 1.807) is 0 Å². The van der Waals surface area contributed by atoms with Gasteiger partial charge in [0.15, 0.2) is 0 Å². The lowest BCUT2D eigenvalue weighted by Crippen LogP contribution is -1.89. The van der Waals surface area contributed by atoms with Crippen LogP contribution in [0.2, 0.25) is 0 Å². The van der Waals surface area contributed by atoms with Gasteiger partial charge in [-0.3, -0.25) is 0 Å². The molecule has 0 bridgehead atoms. The first-order valence-electron chi connectivity index (χ1n) is 9.15. The van der Waals surface area contributed by atoms with Gasteiger partial charge in [-0.05, 0) is 59.2 Å². The van der Waals surface area contributed by atoms with Crippen molar-refractivity contribution in [2.24, 2.45) is 0 Å². The van der Waals surface area contributed by atoms with E-state index in [1.807, 2.05) is 0 Å². The second-order valence-corrected chi connectivity index (χ2v) is 6.56. The standard InChI is InChI=1S/C25H26/c1-4-8-20-12-14-21(15-13-20)23-16-17-24(19(3)18-23)25-11-7-6-10-22(25)9-5-2/h5-7,9-18H,4,8H2,1-3H3/b9-5+. The fourth-order valence-electron chi connectivity index (χ4n) is 3.37. The Labute approximate surface area is 151 Å². The highest BCUT2D eigenvalue weighted by atomic mass is 14.1. The Kier molecular flexibility index (Phi) is 5.50. The molecule has 0 amide bonds. The molecule has 25 heavy (non-hydrogen) atoms. The van der Waals surface area contributed by atoms with E-state index in [-0.39, 0.29) is 0 Å². The summed E-state index contributed by atoms with van der Waals surface area (Å²) >= 11 is 0. The fraction of sp³-hybridized carbons (Fsp3) is 0.200. The Balaban J connectivity index is 1.96. The van der Waals surface area contributed by atoms with Crippen molar-refractivity contribution in [2.75, 3.05) is 0 Å². The number of rotatable bonds is 5. The van der Waals surface area contributed by atoms with E-state index in [4.69, 9.17) is 0 Å². The molecule has 0 atom stereocenters. The molecular weight excluding hydrogens is 300 g/mol. The lowest BCUT2D eigenvalue weighted by molar-refractivity contribution is 0.922. The number of allylic oxidation sites excluding steroid dienone is 1. The van der Waals surface area contributed by atoms with Gasteiger partial charge >= 0.3 is 0 Å². The van der Waals surface area contributed by atoms with E-state index in [1.165, 1.54) is 45.4 Å². The number of benzene rings is 3. The highest BCUT2D eigenvalue weighted by molar-refractivity contribution is 5.79. The van der Waals surface area contributed by atoms with Crippen molar-refractivity contribution in [3.05, 3.63) is 89.5 Å². The largest absolute Gasteiger partial charge is 0.0870 e. The number of aryl methyl sites for hydroxylation is 2. The van der Waals surface area contributed by atoms with Crippen LogP contribution in [0.3, 0.4) is 0 Å². The zero-order valence-corrected chi connectivity index (χ0v) is 15.4. The molecule has 3 rings (SSSR count). The number of hydrogen-bond acceptors (Lipinski definition) is 0. The van der Waals surface area contributed by atoms with Gasteiger partial charge in [-0.1, -0.05) is 92.2 Å². The Hall–Kier alpha value is -2.60. The van der Waals surface area contributed by atoms with Gasteiger partial charge in [0, 0.05) is 0 Å². The lowest BCUT2D eigenvalue weighted by Gasteiger charge is -2.12. The van der Waals surface area contributed by atoms with Crippen molar-refractivity contribution in [3.8, 4) is 22.3 Å². The van der Waals surface area contributed by atoms with Gasteiger partial charge in [0.1, 0.15) is 0 Å². The van der Waals surface area contributed by atoms with E-state index in [0.29, 0.717) is 0 Å². The van der Waals surface area contributed by atoms with E-state index in [0.717, 1.165) is 6.42 Å². The molecule has 0 heterocycles. The first-order chi connectivity index (χ1) is 12.2. The van der Waals surface area contributed by atoms with Gasteiger partial charge < -0.3 is 0 Å². The topological polar surface area (TPSA) is 0 Å². The van der Waals surface area contributed by atoms with Crippen LogP contribution in [0.15, 0.2) is 72.8 Å². The van der Waals surface area contributed by atoms with Gasteiger partial charge in [-0.2, -0.15) is 0 Å². The van der Waals surface area contributed by atoms with Crippen LogP contribution in [0, 0.1) is 6.92 Å². The molecule has 0 saturated heterocycles. The molecule has 3 aromatic carbocycles. The van der Waals surface area contributed by atoms with Crippen LogP contribution in [0.5, 0.6) is 0 Å². The predicted molar refractivity (Wildman–Crippen MR) is 111 cm³/mol. The van der Waals surface area contributed by atoms with Gasteiger partial charge in [0.05, 0.1) is 0 Å². The smallest absolute Gasteiger partial charge is 0.0109 e. The highest BCUT2D eigenvalue weighted by Crippen LogP contribution is 2.31. The summed E-state index contributed by atoms with van der Waals surface area (Å²) in [6, 6.07) is 24.4. The molecule has 0 fully saturated rings. The maximum Gasteiger partial charge on any atom is -0.0109 e. The Morgan fingerprint density at radius 2 is 1.52 bits per heavy atom. The average Bonchev–Trinajstić information content (AvgIpc) is 2.64. The first kappa shape index (κ1) is 17.2. The monoisotopic (exact) mass is 326 g/mol. The van der Waals surface area contributed by atoms with Crippen molar-refractivity contribution in [2.45, 2.75) is 33.6 Å². The van der Waals surface area contributed by atoms with E-state index in [9.17, 15) is 0 Å². The van der Waals surface area contributed by atoms with Gasteiger partial charge in [-0.15, -0.1) is 0 Å². The van der Waals surface area contributed by atoms with Crippen molar-refractivity contribution >= 4 is 6.08 Å². The summed E-state index contributed by atoms with van der Waals surface area (Å²) in [5.41, 5.74) is 9.17. The second kappa shape index (κ2) is 7.98. The van der Waals surface area contributed by atoms with Gasteiger partial charge in [-0.25, -0.2) is 0 Å².